The van der Waals surface area contributed by atoms with E-state index in [-0.39, 0.29) is 0 Å². The Morgan fingerprint density at radius 1 is 0.150 bits per heavy atom. The molecule has 0 saturated carbocycles. The van der Waals surface area contributed by atoms with Crippen molar-refractivity contribution in [2.75, 3.05) is 0 Å². The Bertz CT molecular complexity index is 10600. The van der Waals surface area contributed by atoms with E-state index in [1.165, 1.54) is 108 Å². The van der Waals surface area contributed by atoms with Crippen LogP contribution >= 0.6 is 0 Å². The van der Waals surface area contributed by atoms with Gasteiger partial charge >= 0.3 is 0 Å². The van der Waals surface area contributed by atoms with E-state index in [1.54, 1.807) is 0 Å². The molecule has 0 aliphatic carbocycles. The van der Waals surface area contributed by atoms with Gasteiger partial charge in [-0.1, -0.05) is 394 Å². The predicted molar refractivity (Wildman–Crippen MR) is 612 cm³/mol. The highest BCUT2D eigenvalue weighted by atomic mass is 15.2. The molecule has 682 valence electrons. The van der Waals surface area contributed by atoms with Crippen LogP contribution in [0, 0.1) is 11.3 Å². The molecule has 0 atom stereocenters. The fourth-order valence-electron chi connectivity index (χ4n) is 22.3. The van der Waals surface area contributed by atoms with Crippen LogP contribution < -0.4 is 0 Å². The average Bonchev–Trinajstić information content (AvgIpc) is 1.62. The number of hydrogen-bond acceptors (Lipinski definition) is 7. The van der Waals surface area contributed by atoms with Gasteiger partial charge in [-0.2, -0.15) is 5.26 Å². The molecule has 10 nitrogen and oxygen atoms in total. The van der Waals surface area contributed by atoms with E-state index in [0.29, 0.717) is 23.4 Å². The van der Waals surface area contributed by atoms with Crippen LogP contribution in [0.2, 0.25) is 0 Å². The molecule has 24 aromatic carbocycles. The summed E-state index contributed by atoms with van der Waals surface area (Å²) < 4.78 is 6.70. The molecular weight excluding hydrogens is 1790 g/mol. The number of rotatable bonds is 11. The summed E-state index contributed by atoms with van der Waals surface area (Å²) in [6.07, 6.45) is 0. The van der Waals surface area contributed by atoms with Crippen molar-refractivity contribution >= 4 is 174 Å². The lowest BCUT2D eigenvalue weighted by molar-refractivity contribution is 1.01. The van der Waals surface area contributed by atoms with Gasteiger partial charge < -0.3 is 0 Å². The Hall–Kier alpha value is -20.0. The van der Waals surface area contributed by atoms with E-state index in [9.17, 15) is 5.26 Å². The smallest absolute Gasteiger partial charge is 0.235 e. The van der Waals surface area contributed by atoms with Crippen molar-refractivity contribution < 1.29 is 0 Å². The number of fused-ring (bicyclic) bond motifs is 21. The third kappa shape index (κ3) is 14.9. The normalized spacial score (nSPS) is 11.7. The number of aromatic nitrogens is 9. The maximum atomic E-state index is 9.24. The van der Waals surface area contributed by atoms with Gasteiger partial charge in [0.1, 0.15) is 0 Å². The summed E-state index contributed by atoms with van der Waals surface area (Å²) in [5.41, 5.74) is 26.9. The average molecular weight is 1870 g/mol. The highest BCUT2D eigenvalue weighted by molar-refractivity contribution is 6.19. The first-order valence-corrected chi connectivity index (χ1v) is 49.7. The van der Waals surface area contributed by atoms with Crippen LogP contribution in [-0.4, -0.2) is 43.6 Å². The molecule has 0 N–H and O–H groups in total. The Kier molecular flexibility index (Phi) is 20.4. The van der Waals surface area contributed by atoms with Gasteiger partial charge in [0.15, 0.2) is 0 Å². The highest BCUT2D eigenvalue weighted by Crippen LogP contribution is 2.47. The van der Waals surface area contributed by atoms with Crippen molar-refractivity contribution in [1.82, 2.24) is 43.6 Å². The molecule has 0 bridgehead atoms. The van der Waals surface area contributed by atoms with Crippen molar-refractivity contribution in [3.63, 3.8) is 0 Å². The van der Waals surface area contributed by atoms with Crippen molar-refractivity contribution in [1.29, 1.82) is 5.26 Å². The molecule has 0 fully saturated rings. The van der Waals surface area contributed by atoms with Crippen molar-refractivity contribution in [2.24, 2.45) is 0 Å². The molecule has 6 aromatic heterocycles. The molecule has 0 amide bonds. The van der Waals surface area contributed by atoms with Gasteiger partial charge in [-0.3, -0.25) is 13.7 Å². The maximum absolute atomic E-state index is 9.24. The minimum atomic E-state index is 0.634. The lowest BCUT2D eigenvalue weighted by atomic mass is 9.91. The number of nitrogens with zero attached hydrogens (tertiary/aromatic N) is 10. The van der Waals surface area contributed by atoms with Gasteiger partial charge in [-0.25, -0.2) is 29.9 Å². The molecule has 0 aliphatic rings. The third-order valence-corrected chi connectivity index (χ3v) is 29.3. The topological polar surface area (TPSA) is 116 Å². The van der Waals surface area contributed by atoms with Gasteiger partial charge in [-0.15, -0.1) is 0 Å². The lowest BCUT2D eigenvalue weighted by Crippen LogP contribution is -2.04. The van der Waals surface area contributed by atoms with Crippen molar-refractivity contribution in [3.05, 3.63) is 515 Å². The third-order valence-electron chi connectivity index (χ3n) is 29.3. The molecule has 147 heavy (non-hydrogen) atoms. The maximum Gasteiger partial charge on any atom is 0.235 e. The van der Waals surface area contributed by atoms with E-state index in [4.69, 9.17) is 29.9 Å². The second-order valence-electron chi connectivity index (χ2n) is 37.9. The van der Waals surface area contributed by atoms with Crippen LogP contribution in [0.4, 0.5) is 0 Å². The van der Waals surface area contributed by atoms with Crippen LogP contribution in [0.5, 0.6) is 0 Å². The van der Waals surface area contributed by atoms with E-state index in [1.807, 2.05) is 42.5 Å². The Morgan fingerprint density at radius 3 is 0.850 bits per heavy atom. The molecule has 0 saturated heterocycles. The Balaban J connectivity index is 0.000000108. The zero-order chi connectivity index (χ0) is 97.1. The Morgan fingerprint density at radius 2 is 0.435 bits per heavy atom. The fourth-order valence-corrected chi connectivity index (χ4v) is 22.3. The molecule has 10 heteroatoms. The van der Waals surface area contributed by atoms with Crippen LogP contribution in [0.1, 0.15) is 5.56 Å². The summed E-state index contributed by atoms with van der Waals surface area (Å²) in [7, 11) is 0. The standard InChI is InChI=1S/2C50H31N3.C37H22N4/c1-3-13-32(14-4-1)42-30-45-46(31-43(42)33-15-5-2-6-16-33)51-50(52-49(45)38-26-25-35-24-23-34-17-9-10-20-39(34)41(35)28-38)53-47-22-12-11-21-40(47)44-27-36-18-7-8-19-37(36)29-48(44)53;1-3-13-32(14-4-1)42-30-45-46(31-43(42)33-15-5-2-6-16-33)51-50(52-49(45)38-25-26-40-37(27-38)24-23-34-17-9-10-20-39(34)40)53-47-22-12-11-21-41(47)44-28-35-18-7-8-19-36(35)29-48(44)53;38-23-24-14-16-25(17-15-24)29-18-19-31-33(21-29)39-37(40-36(31)26-8-2-1-3-9-26)41-34-13-7-6-12-30(34)32-20-27-10-4-5-11-28(27)22-35(32)41/h2*1-31H;1-22H. The minimum Gasteiger partial charge on any atom is -0.278 e. The van der Waals surface area contributed by atoms with Gasteiger partial charge in [0, 0.05) is 65.2 Å². The summed E-state index contributed by atoms with van der Waals surface area (Å²) in [5, 5.41) is 36.3. The van der Waals surface area contributed by atoms with E-state index < -0.39 is 0 Å². The van der Waals surface area contributed by atoms with Crippen LogP contribution in [0.25, 0.3) is 281 Å². The minimum absolute atomic E-state index is 0.634. The zero-order valence-corrected chi connectivity index (χ0v) is 79.5. The first-order valence-electron chi connectivity index (χ1n) is 49.7. The molecule has 0 aliphatic heterocycles. The van der Waals surface area contributed by atoms with Gasteiger partial charge in [0.25, 0.3) is 0 Å². The lowest BCUT2D eigenvalue weighted by Gasteiger charge is -2.17. The molecule has 0 unspecified atom stereocenters. The summed E-state index contributed by atoms with van der Waals surface area (Å²) in [4.78, 5) is 32.5. The number of nitriles is 1. The van der Waals surface area contributed by atoms with Crippen molar-refractivity contribution in [3.8, 4) is 113 Å². The zero-order valence-electron chi connectivity index (χ0n) is 79.5. The monoisotopic (exact) mass is 1870 g/mol. The van der Waals surface area contributed by atoms with Crippen LogP contribution in [0.3, 0.4) is 0 Å². The van der Waals surface area contributed by atoms with Crippen LogP contribution in [-0.2, 0) is 0 Å². The quantitative estimate of drug-likeness (QED) is 0.118. The number of hydrogen-bond donors (Lipinski definition) is 0. The molecule has 30 aromatic rings. The summed E-state index contributed by atoms with van der Waals surface area (Å²) in [5.74, 6) is 1.94. The molecule has 6 heterocycles. The Labute approximate surface area is 844 Å². The van der Waals surface area contributed by atoms with E-state index in [2.05, 4.69) is 487 Å². The molecule has 0 radical (unpaired) electrons. The van der Waals surface area contributed by atoms with Gasteiger partial charge in [0.2, 0.25) is 17.8 Å². The summed E-state index contributed by atoms with van der Waals surface area (Å²) >= 11 is 0. The molecule has 0 spiro atoms. The highest BCUT2D eigenvalue weighted by Gasteiger charge is 2.27. The molecule has 30 rings (SSSR count). The first-order chi connectivity index (χ1) is 72.8. The van der Waals surface area contributed by atoms with Gasteiger partial charge in [0.05, 0.1) is 78.4 Å². The SMILES string of the molecule is N#Cc1ccc(-c2ccc3c(-c4ccccc4)nc(-n4c5ccccc5c5cc6ccccc6cc54)nc3c2)cc1.c1ccc(-c2cc3nc(-n4c5ccccc5c5cc6ccccc6cc54)nc(-c4ccc5c(ccc6ccccc65)c4)c3cc2-c2ccccc2)cc1.c1ccc(-c2cc3nc(-n4c5ccccc5c5cc6ccccc6cc54)nc(-c4ccc5ccc6ccccc6c5c4)c3cc2-c2ccccc2)cc1. The van der Waals surface area contributed by atoms with Gasteiger partial charge in [-0.05, 0) is 246 Å². The van der Waals surface area contributed by atoms with E-state index in [0.717, 1.165) is 155 Å². The van der Waals surface area contributed by atoms with E-state index >= 15 is 0 Å². The second-order valence-corrected chi connectivity index (χ2v) is 37.9. The number of para-hydroxylation sites is 3. The second kappa shape index (κ2) is 35.4. The first kappa shape index (κ1) is 85.0. The summed E-state index contributed by atoms with van der Waals surface area (Å²) in [6, 6.07) is 183. The molecular formula is C137H84N10. The van der Waals surface area contributed by atoms with Crippen molar-refractivity contribution in [2.45, 2.75) is 0 Å². The number of benzene rings is 24. The summed E-state index contributed by atoms with van der Waals surface area (Å²) in [6.45, 7) is 0. The fraction of sp³-hybridized carbons (Fsp3) is 0. The predicted octanol–water partition coefficient (Wildman–Crippen LogP) is 35.5. The largest absolute Gasteiger partial charge is 0.278 e. The van der Waals surface area contributed by atoms with Crippen LogP contribution in [0.15, 0.2) is 510 Å².